The third-order valence-corrected chi connectivity index (χ3v) is 4.61. The van der Waals surface area contributed by atoms with Crippen molar-refractivity contribution in [1.29, 1.82) is 0 Å². The average molecular weight is 441 g/mol. The summed E-state index contributed by atoms with van der Waals surface area (Å²) < 4.78 is 17.0. The van der Waals surface area contributed by atoms with Crippen molar-refractivity contribution in [3.8, 4) is 11.5 Å². The normalized spacial score (nSPS) is 16.5. The predicted octanol–water partition coefficient (Wildman–Crippen LogP) is 3.83. The molecule has 1 heterocycles. The third-order valence-electron chi connectivity index (χ3n) is 4.02. The molecular weight excluding hydrogens is 416 g/mol. The number of rotatable bonds is 8. The largest absolute Gasteiger partial charge is 0.493 e. The van der Waals surface area contributed by atoms with Crippen LogP contribution in [0, 0.1) is 0 Å². The van der Waals surface area contributed by atoms with Gasteiger partial charge in [0.05, 0.1) is 36.4 Å². The molecule has 1 aliphatic heterocycles. The lowest BCUT2D eigenvalue weighted by Gasteiger charge is -2.30. The monoisotopic (exact) mass is 440 g/mol. The fraction of sp³-hybridized carbons (Fsp3) is 0.474. The first-order valence-corrected chi connectivity index (χ1v) is 9.73. The Morgan fingerprint density at radius 3 is 2.56 bits per heavy atom. The first-order chi connectivity index (χ1) is 13.0. The lowest BCUT2D eigenvalue weighted by atomic mass is 9.93. The smallest absolute Gasteiger partial charge is 0.338 e. The molecule has 2 amide bonds. The molecule has 0 saturated heterocycles. The summed E-state index contributed by atoms with van der Waals surface area (Å²) in [6.07, 6.45) is 1.34. The topological polar surface area (TPSA) is 85.9 Å². The highest BCUT2D eigenvalue weighted by Crippen LogP contribution is 2.40. The van der Waals surface area contributed by atoms with Crippen molar-refractivity contribution in [1.82, 2.24) is 10.6 Å². The zero-order chi connectivity index (χ0) is 20.0. The van der Waals surface area contributed by atoms with Crippen LogP contribution >= 0.6 is 15.9 Å². The molecule has 0 aliphatic carbocycles. The van der Waals surface area contributed by atoms with Gasteiger partial charge >= 0.3 is 12.0 Å². The fourth-order valence-electron chi connectivity index (χ4n) is 2.96. The van der Waals surface area contributed by atoms with Crippen LogP contribution in [0.1, 0.15) is 45.2 Å². The van der Waals surface area contributed by atoms with Crippen molar-refractivity contribution in [2.24, 2.45) is 0 Å². The lowest BCUT2D eigenvalue weighted by molar-refractivity contribution is -0.139. The Kier molecular flexibility index (Phi) is 7.53. The van der Waals surface area contributed by atoms with Crippen molar-refractivity contribution < 1.29 is 23.8 Å². The molecule has 2 rings (SSSR count). The van der Waals surface area contributed by atoms with Gasteiger partial charge in [0, 0.05) is 5.70 Å². The molecule has 1 aromatic rings. The molecular formula is C19H25BrN2O5. The van der Waals surface area contributed by atoms with Crippen molar-refractivity contribution in [3.63, 3.8) is 0 Å². The number of amides is 2. The van der Waals surface area contributed by atoms with Crippen LogP contribution in [-0.4, -0.2) is 32.3 Å². The maximum atomic E-state index is 12.6. The standard InChI is InChI=1S/C19H25BrN2O5/c1-5-8-13-15(18(23)27-7-3)16(22-19(24)21-13)11-9-12(20)17(26-6-2)14(10-11)25-4/h9-10,16H,5-8H2,1-4H3,(H2,21,22,24). The molecule has 7 nitrogen and oxygen atoms in total. The molecule has 0 fully saturated rings. The summed E-state index contributed by atoms with van der Waals surface area (Å²) in [5, 5.41) is 5.56. The Balaban J connectivity index is 2.58. The van der Waals surface area contributed by atoms with Gasteiger partial charge in [0.15, 0.2) is 11.5 Å². The van der Waals surface area contributed by atoms with E-state index < -0.39 is 12.0 Å². The SMILES string of the molecule is CCCC1=C(C(=O)OCC)C(c2cc(Br)c(OCC)c(OC)c2)NC(=O)N1. The van der Waals surface area contributed by atoms with Crippen LogP contribution in [0.15, 0.2) is 27.9 Å². The second-order valence-corrected chi connectivity index (χ2v) is 6.72. The molecule has 0 saturated carbocycles. The number of hydrogen-bond acceptors (Lipinski definition) is 5. The first kappa shape index (κ1) is 21.1. The Hall–Kier alpha value is -2.22. The van der Waals surface area contributed by atoms with Gasteiger partial charge in [-0.2, -0.15) is 0 Å². The molecule has 0 radical (unpaired) electrons. The molecule has 148 valence electrons. The van der Waals surface area contributed by atoms with Crippen LogP contribution in [0.4, 0.5) is 4.79 Å². The van der Waals surface area contributed by atoms with Crippen LogP contribution < -0.4 is 20.1 Å². The predicted molar refractivity (Wildman–Crippen MR) is 105 cm³/mol. The van der Waals surface area contributed by atoms with E-state index in [2.05, 4.69) is 26.6 Å². The van der Waals surface area contributed by atoms with Crippen LogP contribution in [0.25, 0.3) is 0 Å². The van der Waals surface area contributed by atoms with Crippen molar-refractivity contribution in [2.75, 3.05) is 20.3 Å². The summed E-state index contributed by atoms with van der Waals surface area (Å²) in [6.45, 7) is 6.34. The van der Waals surface area contributed by atoms with Gasteiger partial charge in [0.2, 0.25) is 0 Å². The van der Waals surface area contributed by atoms with Gasteiger partial charge in [-0.15, -0.1) is 0 Å². The summed E-state index contributed by atoms with van der Waals surface area (Å²) >= 11 is 3.49. The van der Waals surface area contributed by atoms with E-state index >= 15 is 0 Å². The lowest BCUT2D eigenvalue weighted by Crippen LogP contribution is -2.46. The Labute approximate surface area is 167 Å². The summed E-state index contributed by atoms with van der Waals surface area (Å²) in [5.41, 5.74) is 1.67. The van der Waals surface area contributed by atoms with E-state index in [1.807, 2.05) is 19.9 Å². The van der Waals surface area contributed by atoms with Crippen molar-refractivity contribution in [2.45, 2.75) is 39.7 Å². The molecule has 0 spiro atoms. The van der Waals surface area contributed by atoms with Gasteiger partial charge in [0.1, 0.15) is 0 Å². The maximum Gasteiger partial charge on any atom is 0.338 e. The molecule has 1 aliphatic rings. The van der Waals surface area contributed by atoms with Gasteiger partial charge in [-0.05, 0) is 53.9 Å². The number of carbonyl (C=O) groups is 2. The highest BCUT2D eigenvalue weighted by atomic mass is 79.9. The second-order valence-electron chi connectivity index (χ2n) is 5.86. The Morgan fingerprint density at radius 1 is 1.22 bits per heavy atom. The maximum absolute atomic E-state index is 12.6. The van der Waals surface area contributed by atoms with Gasteiger partial charge in [0.25, 0.3) is 0 Å². The number of benzene rings is 1. The number of nitrogens with one attached hydrogen (secondary N) is 2. The molecule has 27 heavy (non-hydrogen) atoms. The van der Waals surface area contributed by atoms with E-state index in [1.54, 1.807) is 20.1 Å². The van der Waals surface area contributed by atoms with Crippen LogP contribution in [0.3, 0.4) is 0 Å². The zero-order valence-electron chi connectivity index (χ0n) is 16.0. The van der Waals surface area contributed by atoms with E-state index in [4.69, 9.17) is 14.2 Å². The quantitative estimate of drug-likeness (QED) is 0.599. The summed E-state index contributed by atoms with van der Waals surface area (Å²) in [7, 11) is 1.54. The van der Waals surface area contributed by atoms with Gasteiger partial charge < -0.3 is 24.8 Å². The highest BCUT2D eigenvalue weighted by Gasteiger charge is 2.34. The summed E-state index contributed by atoms with van der Waals surface area (Å²) in [4.78, 5) is 24.8. The average Bonchev–Trinajstić information content (AvgIpc) is 2.63. The molecule has 1 atom stereocenters. The molecule has 2 N–H and O–H groups in total. The molecule has 0 bridgehead atoms. The highest BCUT2D eigenvalue weighted by molar-refractivity contribution is 9.10. The first-order valence-electron chi connectivity index (χ1n) is 8.94. The van der Waals surface area contributed by atoms with Crippen LogP contribution in [0.2, 0.25) is 0 Å². The van der Waals surface area contributed by atoms with E-state index in [1.165, 1.54) is 0 Å². The minimum absolute atomic E-state index is 0.249. The number of allylic oxidation sites excluding steroid dienone is 1. The van der Waals surface area contributed by atoms with E-state index in [0.717, 1.165) is 6.42 Å². The van der Waals surface area contributed by atoms with Crippen LogP contribution in [0.5, 0.6) is 11.5 Å². The molecule has 1 aromatic carbocycles. The zero-order valence-corrected chi connectivity index (χ0v) is 17.6. The third kappa shape index (κ3) is 4.74. The number of methoxy groups -OCH3 is 1. The molecule has 1 unspecified atom stereocenters. The molecule has 0 aromatic heterocycles. The van der Waals surface area contributed by atoms with Crippen molar-refractivity contribution >= 4 is 27.9 Å². The number of carbonyl (C=O) groups excluding carboxylic acids is 2. The number of hydrogen-bond donors (Lipinski definition) is 2. The number of urea groups is 1. The van der Waals surface area contributed by atoms with E-state index in [9.17, 15) is 9.59 Å². The minimum Gasteiger partial charge on any atom is -0.493 e. The number of halogens is 1. The fourth-order valence-corrected chi connectivity index (χ4v) is 3.53. The van der Waals surface area contributed by atoms with Gasteiger partial charge in [-0.3, -0.25) is 0 Å². The summed E-state index contributed by atoms with van der Waals surface area (Å²) in [6, 6.07) is 2.56. The Morgan fingerprint density at radius 2 is 1.96 bits per heavy atom. The molecule has 8 heteroatoms. The summed E-state index contributed by atoms with van der Waals surface area (Å²) in [5.74, 6) is 0.621. The van der Waals surface area contributed by atoms with Crippen molar-refractivity contribution in [3.05, 3.63) is 33.4 Å². The second kappa shape index (κ2) is 9.64. The van der Waals surface area contributed by atoms with E-state index in [0.29, 0.717) is 45.8 Å². The Bertz CT molecular complexity index is 748. The number of ether oxygens (including phenoxy) is 3. The minimum atomic E-state index is -0.653. The van der Waals surface area contributed by atoms with Gasteiger partial charge in [-0.1, -0.05) is 13.3 Å². The van der Waals surface area contributed by atoms with Gasteiger partial charge in [-0.25, -0.2) is 9.59 Å². The van der Waals surface area contributed by atoms with E-state index in [-0.39, 0.29) is 12.6 Å². The number of esters is 1. The van der Waals surface area contributed by atoms with Crippen LogP contribution in [-0.2, 0) is 9.53 Å².